The second kappa shape index (κ2) is 4.24. The van der Waals surface area contributed by atoms with Crippen LogP contribution in [-0.4, -0.2) is 11.9 Å². The maximum absolute atomic E-state index is 10.8. The lowest BCUT2D eigenvalue weighted by atomic mass is 10.00. The van der Waals surface area contributed by atoms with Crippen molar-refractivity contribution in [2.45, 2.75) is 26.3 Å². The first-order chi connectivity index (χ1) is 4.63. The average molecular weight is 145 g/mol. The van der Waals surface area contributed by atoms with E-state index in [2.05, 4.69) is 0 Å². The monoisotopic (exact) mass is 145 g/mol. The number of amides is 1. The topological polar surface area (TPSA) is 81.1 Å². The van der Waals surface area contributed by atoms with Gasteiger partial charge in [-0.1, -0.05) is 20.3 Å². The summed E-state index contributed by atoms with van der Waals surface area (Å²) in [6, 6.07) is -0.477. The Morgan fingerprint density at radius 1 is 1.70 bits per heavy atom. The van der Waals surface area contributed by atoms with E-state index in [-0.39, 0.29) is 11.8 Å². The Bertz CT molecular complexity index is 116. The molecule has 0 bridgehead atoms. The molecule has 10 heavy (non-hydrogen) atoms. The lowest BCUT2D eigenvalue weighted by molar-refractivity contribution is -0.123. The lowest BCUT2D eigenvalue weighted by Crippen LogP contribution is -2.47. The van der Waals surface area contributed by atoms with Crippen molar-refractivity contribution in [3.8, 4) is 0 Å². The third-order valence-corrected chi connectivity index (χ3v) is 1.70. The maximum Gasteiger partial charge on any atom is 0.251 e. The minimum absolute atomic E-state index is 0.184. The Morgan fingerprint density at radius 2 is 2.20 bits per heavy atom. The summed E-state index contributed by atoms with van der Waals surface area (Å²) in [5, 5.41) is 0. The summed E-state index contributed by atoms with van der Waals surface area (Å²) in [5.74, 6) is 4.77. The van der Waals surface area contributed by atoms with Crippen LogP contribution in [0.3, 0.4) is 0 Å². The van der Waals surface area contributed by atoms with Gasteiger partial charge in [0.25, 0.3) is 5.91 Å². The molecule has 0 fully saturated rings. The number of nitrogens with one attached hydrogen (secondary N) is 1. The maximum atomic E-state index is 10.8. The van der Waals surface area contributed by atoms with E-state index in [4.69, 9.17) is 11.6 Å². The summed E-state index contributed by atoms with van der Waals surface area (Å²) in [6.07, 6.45) is 0.884. The van der Waals surface area contributed by atoms with Crippen LogP contribution in [0, 0.1) is 5.92 Å². The second-order valence-electron chi connectivity index (χ2n) is 2.42. The molecule has 5 N–H and O–H groups in total. The molecule has 0 aromatic heterocycles. The van der Waals surface area contributed by atoms with Gasteiger partial charge in [-0.2, -0.15) is 0 Å². The fourth-order valence-corrected chi connectivity index (χ4v) is 0.609. The second-order valence-corrected chi connectivity index (χ2v) is 2.42. The minimum atomic E-state index is -0.477. The minimum Gasteiger partial charge on any atom is -0.320 e. The molecule has 0 spiro atoms. The summed E-state index contributed by atoms with van der Waals surface area (Å²) < 4.78 is 0. The Balaban J connectivity index is 3.81. The summed E-state index contributed by atoms with van der Waals surface area (Å²) in [4.78, 5) is 10.8. The largest absolute Gasteiger partial charge is 0.320 e. The molecule has 0 rings (SSSR count). The third-order valence-electron chi connectivity index (χ3n) is 1.70. The standard InChI is InChI=1S/C6H15N3O/c1-3-4(2)5(7)6(10)9-8/h4-5H,3,7-8H2,1-2H3,(H,9,10). The molecule has 0 saturated carbocycles. The van der Waals surface area contributed by atoms with Crippen molar-refractivity contribution in [2.75, 3.05) is 0 Å². The van der Waals surface area contributed by atoms with Gasteiger partial charge in [-0.05, 0) is 5.92 Å². The highest BCUT2D eigenvalue weighted by molar-refractivity contribution is 5.81. The predicted molar refractivity (Wildman–Crippen MR) is 39.8 cm³/mol. The highest BCUT2D eigenvalue weighted by Crippen LogP contribution is 2.04. The van der Waals surface area contributed by atoms with Crippen molar-refractivity contribution >= 4 is 5.91 Å². The molecule has 0 radical (unpaired) electrons. The van der Waals surface area contributed by atoms with Crippen molar-refractivity contribution in [1.82, 2.24) is 5.43 Å². The molecule has 0 saturated heterocycles. The van der Waals surface area contributed by atoms with Crippen LogP contribution < -0.4 is 17.0 Å². The molecule has 2 unspecified atom stereocenters. The van der Waals surface area contributed by atoms with Gasteiger partial charge in [0.05, 0.1) is 6.04 Å². The number of hydrazine groups is 1. The van der Waals surface area contributed by atoms with Crippen molar-refractivity contribution in [3.63, 3.8) is 0 Å². The molecular formula is C6H15N3O. The zero-order valence-corrected chi connectivity index (χ0v) is 6.42. The van der Waals surface area contributed by atoms with Crippen molar-refractivity contribution in [2.24, 2.45) is 17.5 Å². The molecule has 1 amide bonds. The molecular weight excluding hydrogens is 130 g/mol. The van der Waals surface area contributed by atoms with Crippen molar-refractivity contribution in [1.29, 1.82) is 0 Å². The van der Waals surface area contributed by atoms with Gasteiger partial charge in [0, 0.05) is 0 Å². The number of carbonyl (C=O) groups excluding carboxylic acids is 1. The van der Waals surface area contributed by atoms with E-state index in [0.717, 1.165) is 6.42 Å². The van der Waals surface area contributed by atoms with Crippen LogP contribution in [0.2, 0.25) is 0 Å². The summed E-state index contributed by atoms with van der Waals surface area (Å²) in [7, 11) is 0. The van der Waals surface area contributed by atoms with Crippen LogP contribution in [0.4, 0.5) is 0 Å². The Morgan fingerprint density at radius 3 is 2.50 bits per heavy atom. The Labute approximate surface area is 60.9 Å². The van der Waals surface area contributed by atoms with Crippen LogP contribution in [0.1, 0.15) is 20.3 Å². The van der Waals surface area contributed by atoms with E-state index in [0.29, 0.717) is 0 Å². The molecule has 0 aliphatic carbocycles. The van der Waals surface area contributed by atoms with E-state index >= 15 is 0 Å². The number of hydrogen-bond donors (Lipinski definition) is 3. The molecule has 4 heteroatoms. The first-order valence-electron chi connectivity index (χ1n) is 3.39. The number of rotatable bonds is 3. The van der Waals surface area contributed by atoms with E-state index in [1.54, 1.807) is 0 Å². The molecule has 0 aliphatic rings. The van der Waals surface area contributed by atoms with E-state index in [9.17, 15) is 4.79 Å². The number of hydrogen-bond acceptors (Lipinski definition) is 3. The smallest absolute Gasteiger partial charge is 0.251 e. The fourth-order valence-electron chi connectivity index (χ4n) is 0.609. The van der Waals surface area contributed by atoms with Crippen LogP contribution in [0.25, 0.3) is 0 Å². The summed E-state index contributed by atoms with van der Waals surface area (Å²) >= 11 is 0. The number of carbonyl (C=O) groups is 1. The highest BCUT2D eigenvalue weighted by atomic mass is 16.2. The molecule has 4 nitrogen and oxygen atoms in total. The highest BCUT2D eigenvalue weighted by Gasteiger charge is 2.17. The zero-order chi connectivity index (χ0) is 8.15. The Hall–Kier alpha value is -0.610. The summed E-state index contributed by atoms with van der Waals surface area (Å²) in [5.41, 5.74) is 7.51. The van der Waals surface area contributed by atoms with Crippen molar-refractivity contribution < 1.29 is 4.79 Å². The third kappa shape index (κ3) is 2.33. The van der Waals surface area contributed by atoms with E-state index in [1.807, 2.05) is 19.3 Å². The average Bonchev–Trinajstić information content (AvgIpc) is 2.00. The zero-order valence-electron chi connectivity index (χ0n) is 6.42. The van der Waals surface area contributed by atoms with Gasteiger partial charge in [-0.15, -0.1) is 0 Å². The first-order valence-corrected chi connectivity index (χ1v) is 3.39. The van der Waals surface area contributed by atoms with Crippen LogP contribution >= 0.6 is 0 Å². The molecule has 0 aliphatic heterocycles. The molecule has 60 valence electrons. The lowest BCUT2D eigenvalue weighted by Gasteiger charge is -2.15. The molecule has 0 aromatic rings. The van der Waals surface area contributed by atoms with Crippen LogP contribution in [0.5, 0.6) is 0 Å². The quantitative estimate of drug-likeness (QED) is 0.280. The van der Waals surface area contributed by atoms with Gasteiger partial charge in [0.2, 0.25) is 0 Å². The van der Waals surface area contributed by atoms with Crippen LogP contribution in [0.15, 0.2) is 0 Å². The predicted octanol–water partition coefficient (Wildman–Crippen LogP) is -0.650. The Kier molecular flexibility index (Phi) is 3.99. The first kappa shape index (κ1) is 9.39. The summed E-state index contributed by atoms with van der Waals surface area (Å²) in [6.45, 7) is 3.90. The van der Waals surface area contributed by atoms with Gasteiger partial charge in [-0.25, -0.2) is 5.84 Å². The van der Waals surface area contributed by atoms with Gasteiger partial charge >= 0.3 is 0 Å². The normalized spacial score (nSPS) is 16.0. The van der Waals surface area contributed by atoms with Gasteiger partial charge in [0.15, 0.2) is 0 Å². The van der Waals surface area contributed by atoms with Gasteiger partial charge in [0.1, 0.15) is 0 Å². The molecule has 0 aromatic carbocycles. The molecule has 0 heterocycles. The fraction of sp³-hybridized carbons (Fsp3) is 0.833. The van der Waals surface area contributed by atoms with Gasteiger partial charge in [-0.3, -0.25) is 10.2 Å². The SMILES string of the molecule is CCC(C)C(N)C(=O)NN. The van der Waals surface area contributed by atoms with Crippen molar-refractivity contribution in [3.05, 3.63) is 0 Å². The molecule has 2 atom stereocenters. The number of nitrogens with two attached hydrogens (primary N) is 2. The van der Waals surface area contributed by atoms with E-state index < -0.39 is 6.04 Å². The van der Waals surface area contributed by atoms with Crippen LogP contribution in [-0.2, 0) is 4.79 Å². The van der Waals surface area contributed by atoms with E-state index in [1.165, 1.54) is 0 Å². The van der Waals surface area contributed by atoms with Gasteiger partial charge < -0.3 is 5.73 Å².